The van der Waals surface area contributed by atoms with E-state index in [9.17, 15) is 4.79 Å². The zero-order valence-corrected chi connectivity index (χ0v) is 13.7. The van der Waals surface area contributed by atoms with Crippen molar-refractivity contribution < 1.29 is 9.53 Å². The van der Waals surface area contributed by atoms with Crippen LogP contribution in [0.2, 0.25) is 0 Å². The molecule has 0 radical (unpaired) electrons. The maximum Gasteiger partial charge on any atom is 0.237 e. The van der Waals surface area contributed by atoms with Crippen LogP contribution in [-0.4, -0.2) is 73.2 Å². The van der Waals surface area contributed by atoms with E-state index in [0.717, 1.165) is 32.8 Å². The highest BCUT2D eigenvalue weighted by Crippen LogP contribution is 2.50. The zero-order chi connectivity index (χ0) is 15.2. The van der Waals surface area contributed by atoms with Crippen molar-refractivity contribution in [3.8, 4) is 0 Å². The minimum Gasteiger partial charge on any atom is -0.379 e. The van der Waals surface area contributed by atoms with Crippen LogP contribution in [0.4, 0.5) is 0 Å². The maximum atomic E-state index is 13.0. The second kappa shape index (κ2) is 5.77. The van der Waals surface area contributed by atoms with Crippen LogP contribution in [0.3, 0.4) is 0 Å². The first-order chi connectivity index (χ1) is 10.7. The van der Waals surface area contributed by atoms with Gasteiger partial charge in [-0.15, -0.1) is 0 Å². The van der Waals surface area contributed by atoms with Gasteiger partial charge in [-0.05, 0) is 19.3 Å². The third kappa shape index (κ3) is 2.38. The predicted octanol–water partition coefficient (Wildman–Crippen LogP) is 0.840. The molecule has 4 atom stereocenters. The van der Waals surface area contributed by atoms with Gasteiger partial charge in [0.15, 0.2) is 0 Å². The van der Waals surface area contributed by atoms with Crippen LogP contribution in [0.15, 0.2) is 0 Å². The van der Waals surface area contributed by atoms with Crippen LogP contribution in [0, 0.1) is 5.41 Å². The van der Waals surface area contributed by atoms with Gasteiger partial charge in [0.2, 0.25) is 5.91 Å². The summed E-state index contributed by atoms with van der Waals surface area (Å²) in [5.74, 6) is 0.352. The topological polar surface area (TPSA) is 44.8 Å². The van der Waals surface area contributed by atoms with Gasteiger partial charge in [-0.2, -0.15) is 0 Å². The summed E-state index contributed by atoms with van der Waals surface area (Å²) in [6, 6.07) is 1.48. The lowest BCUT2D eigenvalue weighted by molar-refractivity contribution is -0.136. The van der Waals surface area contributed by atoms with E-state index in [-0.39, 0.29) is 0 Å². The fraction of sp³-hybridized carbons (Fsp3) is 0.941. The molecule has 124 valence electrons. The molecule has 1 N–H and O–H groups in total. The molecular formula is C17H29N3O2. The van der Waals surface area contributed by atoms with Gasteiger partial charge in [-0.1, -0.05) is 19.8 Å². The van der Waals surface area contributed by atoms with Crippen molar-refractivity contribution in [1.29, 1.82) is 0 Å². The van der Waals surface area contributed by atoms with Gasteiger partial charge in [0, 0.05) is 43.2 Å². The summed E-state index contributed by atoms with van der Waals surface area (Å²) in [5.41, 5.74) is 0.292. The highest BCUT2D eigenvalue weighted by atomic mass is 16.5. The second-order valence-corrected chi connectivity index (χ2v) is 7.81. The van der Waals surface area contributed by atoms with Gasteiger partial charge in [0.05, 0.1) is 19.8 Å². The van der Waals surface area contributed by atoms with Crippen LogP contribution in [0.25, 0.3) is 0 Å². The Hall–Kier alpha value is -0.650. The largest absolute Gasteiger partial charge is 0.379 e. The standard InChI is InChI=1S/C17H29N3O2/c1-17-10-13-11-18-14(17)4-2-3-5-15(17)20(13)16(21)12-19-6-8-22-9-7-19/h13-15,18H,2-12H2,1H3/t13-,14+,15-,17+/m0/s1. The molecule has 4 aliphatic rings. The summed E-state index contributed by atoms with van der Waals surface area (Å²) in [7, 11) is 0. The minimum absolute atomic E-state index is 0.292. The van der Waals surface area contributed by atoms with E-state index in [1.807, 2.05) is 0 Å². The third-order valence-corrected chi connectivity index (χ3v) is 6.53. The lowest BCUT2D eigenvalue weighted by Crippen LogP contribution is -2.51. The molecule has 4 fully saturated rings. The molecule has 0 aromatic heterocycles. The summed E-state index contributed by atoms with van der Waals surface area (Å²) in [5, 5.41) is 3.75. The second-order valence-electron chi connectivity index (χ2n) is 7.81. The molecule has 3 saturated heterocycles. The number of fused-ring (bicyclic) bond motifs is 1. The summed E-state index contributed by atoms with van der Waals surface area (Å²) in [6.45, 7) is 7.32. The molecule has 4 rings (SSSR count). The first-order valence-electron chi connectivity index (χ1n) is 9.03. The monoisotopic (exact) mass is 307 g/mol. The van der Waals surface area contributed by atoms with Gasteiger partial charge in [-0.3, -0.25) is 9.69 Å². The molecule has 5 heteroatoms. The Kier molecular flexibility index (Phi) is 3.91. The van der Waals surface area contributed by atoms with Crippen molar-refractivity contribution in [2.45, 2.75) is 57.2 Å². The Balaban J connectivity index is 1.52. The van der Waals surface area contributed by atoms with E-state index >= 15 is 0 Å². The fourth-order valence-electron chi connectivity index (χ4n) is 5.37. The van der Waals surface area contributed by atoms with Crippen molar-refractivity contribution in [2.75, 3.05) is 39.4 Å². The van der Waals surface area contributed by atoms with E-state index in [2.05, 4.69) is 22.0 Å². The molecule has 0 spiro atoms. The quantitative estimate of drug-likeness (QED) is 0.821. The number of hydrogen-bond donors (Lipinski definition) is 1. The van der Waals surface area contributed by atoms with E-state index in [1.165, 1.54) is 32.1 Å². The average Bonchev–Trinajstić information content (AvgIpc) is 2.64. The molecule has 22 heavy (non-hydrogen) atoms. The number of ether oxygens (including phenoxy) is 1. The van der Waals surface area contributed by atoms with E-state index in [1.54, 1.807) is 0 Å². The lowest BCUT2D eigenvalue weighted by atomic mass is 9.72. The molecule has 0 aromatic rings. The fourth-order valence-corrected chi connectivity index (χ4v) is 5.37. The molecule has 2 bridgehead atoms. The molecule has 1 amide bonds. The smallest absolute Gasteiger partial charge is 0.237 e. The number of hydrogen-bond acceptors (Lipinski definition) is 4. The van der Waals surface area contributed by atoms with Crippen molar-refractivity contribution in [3.63, 3.8) is 0 Å². The SMILES string of the molecule is C[C@@]12C[C@H]3CN[C@@H]1CCCC[C@@H]2N3C(=O)CN1CCOCC1. The van der Waals surface area contributed by atoms with Crippen molar-refractivity contribution in [2.24, 2.45) is 5.41 Å². The van der Waals surface area contributed by atoms with Crippen LogP contribution >= 0.6 is 0 Å². The van der Waals surface area contributed by atoms with Crippen LogP contribution in [-0.2, 0) is 9.53 Å². The zero-order valence-electron chi connectivity index (χ0n) is 13.7. The highest BCUT2D eigenvalue weighted by Gasteiger charge is 2.57. The van der Waals surface area contributed by atoms with Crippen molar-refractivity contribution in [1.82, 2.24) is 15.1 Å². The van der Waals surface area contributed by atoms with E-state index in [0.29, 0.717) is 36.0 Å². The van der Waals surface area contributed by atoms with Crippen molar-refractivity contribution >= 4 is 5.91 Å². The van der Waals surface area contributed by atoms with Crippen LogP contribution < -0.4 is 5.32 Å². The molecule has 0 unspecified atom stereocenters. The van der Waals surface area contributed by atoms with Crippen LogP contribution in [0.5, 0.6) is 0 Å². The molecule has 0 aromatic carbocycles. The number of rotatable bonds is 2. The number of carbonyl (C=O) groups is 1. The Morgan fingerprint density at radius 2 is 2.05 bits per heavy atom. The predicted molar refractivity (Wildman–Crippen MR) is 84.7 cm³/mol. The third-order valence-electron chi connectivity index (χ3n) is 6.53. The van der Waals surface area contributed by atoms with Gasteiger partial charge in [0.1, 0.15) is 0 Å². The van der Waals surface area contributed by atoms with Crippen molar-refractivity contribution in [3.05, 3.63) is 0 Å². The Labute approximate surface area is 133 Å². The maximum absolute atomic E-state index is 13.0. The number of amides is 1. The van der Waals surface area contributed by atoms with Crippen LogP contribution in [0.1, 0.15) is 39.0 Å². The van der Waals surface area contributed by atoms with E-state index < -0.39 is 0 Å². The van der Waals surface area contributed by atoms with E-state index in [4.69, 9.17) is 4.74 Å². The Morgan fingerprint density at radius 3 is 2.86 bits per heavy atom. The lowest BCUT2D eigenvalue weighted by Gasteiger charge is -2.40. The first kappa shape index (κ1) is 14.9. The number of morpholine rings is 1. The van der Waals surface area contributed by atoms with Gasteiger partial charge in [-0.25, -0.2) is 0 Å². The molecule has 3 heterocycles. The van der Waals surface area contributed by atoms with Gasteiger partial charge >= 0.3 is 0 Å². The van der Waals surface area contributed by atoms with Gasteiger partial charge < -0.3 is 15.0 Å². The Bertz CT molecular complexity index is 438. The summed E-state index contributed by atoms with van der Waals surface area (Å²) < 4.78 is 5.40. The highest BCUT2D eigenvalue weighted by molar-refractivity contribution is 5.79. The normalized spacial score (nSPS) is 42.2. The molecule has 3 aliphatic heterocycles. The minimum atomic E-state index is 0.292. The number of carbonyl (C=O) groups excluding carboxylic acids is 1. The Morgan fingerprint density at radius 1 is 1.27 bits per heavy atom. The molecule has 1 aliphatic carbocycles. The summed E-state index contributed by atoms with van der Waals surface area (Å²) in [6.07, 6.45) is 6.25. The number of nitrogens with zero attached hydrogens (tertiary/aromatic N) is 2. The summed E-state index contributed by atoms with van der Waals surface area (Å²) in [4.78, 5) is 17.6. The number of nitrogens with one attached hydrogen (secondary N) is 1. The molecule has 1 saturated carbocycles. The molecular weight excluding hydrogens is 278 g/mol. The average molecular weight is 307 g/mol. The number of likely N-dealkylation sites (tertiary alicyclic amines) is 1. The molecule has 5 nitrogen and oxygen atoms in total. The first-order valence-corrected chi connectivity index (χ1v) is 9.03. The number of piperidine rings is 1. The summed E-state index contributed by atoms with van der Waals surface area (Å²) >= 11 is 0. The van der Waals surface area contributed by atoms with Gasteiger partial charge in [0.25, 0.3) is 0 Å².